The van der Waals surface area contributed by atoms with Crippen molar-refractivity contribution in [2.45, 2.75) is 24.6 Å². The van der Waals surface area contributed by atoms with Crippen molar-refractivity contribution in [1.82, 2.24) is 5.32 Å². The lowest BCUT2D eigenvalue weighted by Gasteiger charge is -2.23. The van der Waals surface area contributed by atoms with Crippen LogP contribution in [0.5, 0.6) is 0 Å². The molecule has 3 N–H and O–H groups in total. The normalized spacial score (nSPS) is 13.9. The molecule has 1 atom stereocenters. The van der Waals surface area contributed by atoms with Crippen LogP contribution in [0.1, 0.15) is 25.5 Å². The second kappa shape index (κ2) is 5.71. The fourth-order valence-electron chi connectivity index (χ4n) is 1.35. The van der Waals surface area contributed by atoms with Crippen molar-refractivity contribution < 1.29 is 13.2 Å². The zero-order chi connectivity index (χ0) is 14.7. The molecule has 0 aliphatic carbocycles. The van der Waals surface area contributed by atoms with Crippen LogP contribution in [0.15, 0.2) is 30.3 Å². The van der Waals surface area contributed by atoms with E-state index in [1.54, 1.807) is 38.1 Å². The first-order chi connectivity index (χ1) is 8.65. The van der Waals surface area contributed by atoms with Crippen LogP contribution in [0, 0.1) is 0 Å². The number of rotatable bonds is 5. The zero-order valence-corrected chi connectivity index (χ0v) is 12.2. The molecule has 0 radical (unpaired) electrons. The van der Waals surface area contributed by atoms with Crippen LogP contribution in [0.4, 0.5) is 0 Å². The van der Waals surface area contributed by atoms with Gasteiger partial charge in [0, 0.05) is 12.8 Å². The lowest BCUT2D eigenvalue weighted by Crippen LogP contribution is -2.46. The maximum Gasteiger partial charge on any atom is 0.241 e. The first-order valence-electron chi connectivity index (χ1n) is 5.93. The van der Waals surface area contributed by atoms with Crippen molar-refractivity contribution in [2.75, 3.05) is 12.8 Å². The predicted molar refractivity (Wildman–Crippen MR) is 75.3 cm³/mol. The molecule has 0 aromatic heterocycles. The molecular weight excluding hydrogens is 264 g/mol. The molecule has 6 heteroatoms. The minimum atomic E-state index is -3.24. The molecular formula is C13H20N2O3S. The lowest BCUT2D eigenvalue weighted by molar-refractivity contribution is -0.122. The van der Waals surface area contributed by atoms with Crippen LogP contribution in [-0.2, 0) is 14.6 Å². The predicted octanol–water partition coefficient (Wildman–Crippen LogP) is 0.626. The van der Waals surface area contributed by atoms with Gasteiger partial charge in [-0.25, -0.2) is 8.42 Å². The molecule has 106 valence electrons. The van der Waals surface area contributed by atoms with E-state index in [2.05, 4.69) is 5.32 Å². The highest BCUT2D eigenvalue weighted by Gasteiger charge is 2.31. The Kier molecular flexibility index (Phi) is 4.70. The molecule has 0 heterocycles. The largest absolute Gasteiger partial charge is 0.353 e. The molecule has 0 fully saturated rings. The van der Waals surface area contributed by atoms with E-state index in [0.29, 0.717) is 5.56 Å². The second-order valence-corrected chi connectivity index (χ2v) is 7.79. The number of nitrogens with one attached hydrogen (secondary N) is 1. The van der Waals surface area contributed by atoms with E-state index in [0.717, 1.165) is 6.26 Å². The average molecular weight is 284 g/mol. The summed E-state index contributed by atoms with van der Waals surface area (Å²) in [4.78, 5) is 11.9. The Morgan fingerprint density at radius 3 is 2.32 bits per heavy atom. The highest BCUT2D eigenvalue weighted by atomic mass is 32.2. The average Bonchev–Trinajstić information content (AvgIpc) is 2.35. The second-order valence-electron chi connectivity index (χ2n) is 5.14. The summed E-state index contributed by atoms with van der Waals surface area (Å²) >= 11 is 0. The number of sulfone groups is 1. The smallest absolute Gasteiger partial charge is 0.241 e. The maximum atomic E-state index is 11.9. The molecule has 0 aliphatic heterocycles. The molecule has 1 aromatic rings. The highest BCUT2D eigenvalue weighted by Crippen LogP contribution is 2.14. The van der Waals surface area contributed by atoms with Crippen molar-refractivity contribution in [2.24, 2.45) is 5.73 Å². The molecule has 19 heavy (non-hydrogen) atoms. The lowest BCUT2D eigenvalue weighted by atomic mass is 10.1. The number of hydrogen-bond donors (Lipinski definition) is 2. The van der Waals surface area contributed by atoms with Gasteiger partial charge in [-0.2, -0.15) is 0 Å². The monoisotopic (exact) mass is 284 g/mol. The Balaban J connectivity index is 2.67. The standard InChI is InChI=1S/C13H20N2O3S/c1-13(2,19(3,17)18)9-15-12(16)11(14)10-7-5-4-6-8-10/h4-8,11H,9,14H2,1-3H3,(H,15,16). The van der Waals surface area contributed by atoms with E-state index < -0.39 is 20.6 Å². The van der Waals surface area contributed by atoms with E-state index in [9.17, 15) is 13.2 Å². The van der Waals surface area contributed by atoms with Crippen LogP contribution in [0.3, 0.4) is 0 Å². The maximum absolute atomic E-state index is 11.9. The summed E-state index contributed by atoms with van der Waals surface area (Å²) in [7, 11) is -3.24. The van der Waals surface area contributed by atoms with Gasteiger partial charge in [-0.15, -0.1) is 0 Å². The minimum Gasteiger partial charge on any atom is -0.353 e. The zero-order valence-electron chi connectivity index (χ0n) is 11.4. The summed E-state index contributed by atoms with van der Waals surface area (Å²) in [5.41, 5.74) is 6.51. The number of carbonyl (C=O) groups excluding carboxylic acids is 1. The topological polar surface area (TPSA) is 89.3 Å². The Labute approximate surface area is 114 Å². The van der Waals surface area contributed by atoms with Gasteiger partial charge in [-0.05, 0) is 19.4 Å². The summed E-state index contributed by atoms with van der Waals surface area (Å²) in [5, 5.41) is 2.58. The van der Waals surface area contributed by atoms with Gasteiger partial charge in [-0.3, -0.25) is 4.79 Å². The van der Waals surface area contributed by atoms with Crippen molar-refractivity contribution in [3.05, 3.63) is 35.9 Å². The molecule has 1 unspecified atom stereocenters. The van der Waals surface area contributed by atoms with E-state index in [4.69, 9.17) is 5.73 Å². The molecule has 0 saturated carbocycles. The van der Waals surface area contributed by atoms with Crippen LogP contribution >= 0.6 is 0 Å². The molecule has 1 amide bonds. The van der Waals surface area contributed by atoms with Crippen molar-refractivity contribution in [3.63, 3.8) is 0 Å². The Morgan fingerprint density at radius 2 is 1.84 bits per heavy atom. The summed E-state index contributed by atoms with van der Waals surface area (Å²) in [6.07, 6.45) is 1.15. The number of benzene rings is 1. The molecule has 1 aromatic carbocycles. The summed E-state index contributed by atoms with van der Waals surface area (Å²) in [5.74, 6) is -0.386. The van der Waals surface area contributed by atoms with Crippen LogP contribution in [0.2, 0.25) is 0 Å². The van der Waals surface area contributed by atoms with Gasteiger partial charge >= 0.3 is 0 Å². The Hall–Kier alpha value is -1.40. The fraction of sp³-hybridized carbons (Fsp3) is 0.462. The van der Waals surface area contributed by atoms with Gasteiger partial charge in [0.25, 0.3) is 0 Å². The molecule has 1 rings (SSSR count). The van der Waals surface area contributed by atoms with E-state index in [-0.39, 0.29) is 12.5 Å². The first-order valence-corrected chi connectivity index (χ1v) is 7.82. The van der Waals surface area contributed by atoms with E-state index in [1.807, 2.05) is 6.07 Å². The van der Waals surface area contributed by atoms with Crippen molar-refractivity contribution in [3.8, 4) is 0 Å². The molecule has 0 bridgehead atoms. The molecule has 0 spiro atoms. The SMILES string of the molecule is CC(C)(CNC(=O)C(N)c1ccccc1)S(C)(=O)=O. The Morgan fingerprint density at radius 1 is 1.32 bits per heavy atom. The van der Waals surface area contributed by atoms with Crippen molar-refractivity contribution in [1.29, 1.82) is 0 Å². The quantitative estimate of drug-likeness (QED) is 0.829. The molecule has 0 saturated heterocycles. The first kappa shape index (κ1) is 15.7. The van der Waals surface area contributed by atoms with Crippen LogP contribution < -0.4 is 11.1 Å². The van der Waals surface area contributed by atoms with Crippen molar-refractivity contribution >= 4 is 15.7 Å². The van der Waals surface area contributed by atoms with Gasteiger partial charge < -0.3 is 11.1 Å². The number of nitrogens with two attached hydrogens (primary N) is 1. The molecule has 0 aliphatic rings. The fourth-order valence-corrected chi connectivity index (χ4v) is 1.69. The van der Waals surface area contributed by atoms with E-state index >= 15 is 0 Å². The minimum absolute atomic E-state index is 0.0329. The van der Waals surface area contributed by atoms with Gasteiger partial charge in [-0.1, -0.05) is 30.3 Å². The molecule has 5 nitrogen and oxygen atoms in total. The van der Waals surface area contributed by atoms with Gasteiger partial charge in [0.15, 0.2) is 9.84 Å². The summed E-state index contributed by atoms with van der Waals surface area (Å²) in [6, 6.07) is 8.14. The third kappa shape index (κ3) is 4.04. The van der Waals surface area contributed by atoms with Gasteiger partial charge in [0.05, 0.1) is 4.75 Å². The van der Waals surface area contributed by atoms with Gasteiger partial charge in [0.2, 0.25) is 5.91 Å². The summed E-state index contributed by atoms with van der Waals surface area (Å²) in [6.45, 7) is 3.17. The van der Waals surface area contributed by atoms with Crippen LogP contribution in [-0.4, -0.2) is 31.9 Å². The van der Waals surface area contributed by atoms with Gasteiger partial charge in [0.1, 0.15) is 6.04 Å². The third-order valence-corrected chi connectivity index (χ3v) is 5.29. The number of amides is 1. The number of hydrogen-bond acceptors (Lipinski definition) is 4. The Bertz CT molecular complexity index is 538. The van der Waals surface area contributed by atoms with E-state index in [1.165, 1.54) is 0 Å². The third-order valence-electron chi connectivity index (χ3n) is 3.13. The number of carbonyl (C=O) groups is 1. The highest BCUT2D eigenvalue weighted by molar-refractivity contribution is 7.92. The summed E-state index contributed by atoms with van der Waals surface area (Å²) < 4.78 is 22.0. The van der Waals surface area contributed by atoms with Crippen LogP contribution in [0.25, 0.3) is 0 Å².